The summed E-state index contributed by atoms with van der Waals surface area (Å²) in [7, 11) is -2.01. The zero-order valence-corrected chi connectivity index (χ0v) is 20.3. The molecule has 1 aromatic heterocycles. The summed E-state index contributed by atoms with van der Waals surface area (Å²) in [5.74, 6) is 0.900. The Morgan fingerprint density at radius 1 is 1.13 bits per heavy atom. The summed E-state index contributed by atoms with van der Waals surface area (Å²) in [6.45, 7) is 16.9. The molecule has 0 spiro atoms. The number of para-hydroxylation sites is 1. The molecule has 2 unspecified atom stereocenters. The average molecular weight is 428 g/mol. The van der Waals surface area contributed by atoms with E-state index in [1.54, 1.807) is 4.57 Å². The van der Waals surface area contributed by atoms with Crippen LogP contribution in [-0.2, 0) is 20.3 Å². The lowest BCUT2D eigenvalue weighted by Gasteiger charge is -2.38. The van der Waals surface area contributed by atoms with E-state index in [2.05, 4.69) is 46.0 Å². The molecule has 3 heterocycles. The van der Waals surface area contributed by atoms with Gasteiger partial charge in [-0.1, -0.05) is 39.0 Å². The van der Waals surface area contributed by atoms with Crippen molar-refractivity contribution < 1.29 is 18.7 Å². The third-order valence-corrected chi connectivity index (χ3v) is 10.7. The minimum atomic E-state index is -2.01. The number of aromatic nitrogens is 1. The highest BCUT2D eigenvalue weighted by atomic mass is 28.4. The van der Waals surface area contributed by atoms with Crippen LogP contribution >= 0.6 is 0 Å². The second-order valence-electron chi connectivity index (χ2n) is 10.9. The number of fused-ring (bicyclic) bond motifs is 6. The van der Waals surface area contributed by atoms with Crippen LogP contribution in [0.15, 0.2) is 36.1 Å². The largest absolute Gasteiger partial charge is 0.544 e. The van der Waals surface area contributed by atoms with Gasteiger partial charge in [0.15, 0.2) is 0 Å². The molecule has 1 aromatic carbocycles. The highest BCUT2D eigenvalue weighted by molar-refractivity contribution is 6.74. The highest BCUT2D eigenvalue weighted by Gasteiger charge is 2.46. The number of carbonyl (C=O) groups is 1. The van der Waals surface area contributed by atoms with Gasteiger partial charge in [0.05, 0.1) is 11.6 Å². The number of hydrogen-bond donors (Lipinski definition) is 0. The number of ether oxygens (including phenoxy) is 2. The van der Waals surface area contributed by atoms with Gasteiger partial charge < -0.3 is 13.9 Å². The predicted molar refractivity (Wildman–Crippen MR) is 121 cm³/mol. The molecule has 2 aliphatic rings. The van der Waals surface area contributed by atoms with Gasteiger partial charge in [-0.15, -0.1) is 0 Å². The molecule has 5 nitrogen and oxygen atoms in total. The van der Waals surface area contributed by atoms with Crippen molar-refractivity contribution in [1.82, 2.24) is 4.57 Å². The summed E-state index contributed by atoms with van der Waals surface area (Å²) in [5.41, 5.74) is 2.31. The Bertz CT molecular complexity index is 1040. The van der Waals surface area contributed by atoms with Crippen molar-refractivity contribution in [2.24, 2.45) is 0 Å². The van der Waals surface area contributed by atoms with Crippen LogP contribution in [0.4, 0.5) is 4.79 Å². The first-order valence-corrected chi connectivity index (χ1v) is 13.6. The monoisotopic (exact) mass is 427 g/mol. The van der Waals surface area contributed by atoms with Crippen molar-refractivity contribution >= 4 is 25.3 Å². The molecule has 0 N–H and O–H groups in total. The number of carbonyl (C=O) groups excluding carboxylic acids is 1. The van der Waals surface area contributed by atoms with E-state index in [9.17, 15) is 4.79 Å². The minimum Gasteiger partial charge on any atom is -0.544 e. The van der Waals surface area contributed by atoms with Crippen molar-refractivity contribution in [3.05, 3.63) is 47.4 Å². The van der Waals surface area contributed by atoms with Crippen LogP contribution in [0.5, 0.6) is 0 Å². The second-order valence-corrected chi connectivity index (χ2v) is 15.6. The zero-order valence-electron chi connectivity index (χ0n) is 19.3. The Morgan fingerprint density at radius 3 is 2.43 bits per heavy atom. The highest BCUT2D eigenvalue weighted by Crippen LogP contribution is 2.49. The van der Waals surface area contributed by atoms with Crippen LogP contribution in [0.2, 0.25) is 18.1 Å². The molecule has 2 aliphatic heterocycles. The lowest BCUT2D eigenvalue weighted by molar-refractivity contribution is 0.0270. The first-order chi connectivity index (χ1) is 13.8. The lowest BCUT2D eigenvalue weighted by atomic mass is 10.0. The molecule has 0 amide bonds. The van der Waals surface area contributed by atoms with Crippen molar-refractivity contribution in [3.8, 4) is 0 Å². The zero-order chi connectivity index (χ0) is 22.1. The van der Waals surface area contributed by atoms with E-state index in [4.69, 9.17) is 13.9 Å². The molecule has 2 aromatic rings. The smallest absolute Gasteiger partial charge is 0.419 e. The van der Waals surface area contributed by atoms with Crippen LogP contribution in [0.1, 0.15) is 58.9 Å². The summed E-state index contributed by atoms with van der Waals surface area (Å²) in [5, 5.41) is 1.12. The van der Waals surface area contributed by atoms with E-state index in [0.29, 0.717) is 6.42 Å². The Kier molecular flexibility index (Phi) is 4.75. The molecule has 4 rings (SSSR count). The number of nitrogens with zero attached hydrogens (tertiary/aromatic N) is 1. The summed E-state index contributed by atoms with van der Waals surface area (Å²) in [6, 6.07) is 7.99. The van der Waals surface area contributed by atoms with E-state index in [1.807, 2.05) is 39.0 Å². The van der Waals surface area contributed by atoms with E-state index in [0.717, 1.165) is 27.9 Å². The Labute approximate surface area is 180 Å². The van der Waals surface area contributed by atoms with Crippen LogP contribution in [0.3, 0.4) is 0 Å². The minimum absolute atomic E-state index is 0.0900. The Morgan fingerprint density at radius 2 is 1.80 bits per heavy atom. The normalized spacial score (nSPS) is 21.4. The van der Waals surface area contributed by atoms with Crippen LogP contribution in [0.25, 0.3) is 10.9 Å². The fourth-order valence-electron chi connectivity index (χ4n) is 3.92. The number of hydrogen-bond acceptors (Lipinski definition) is 4. The number of rotatable bonds is 2. The summed E-state index contributed by atoms with van der Waals surface area (Å²) in [6.07, 6.45) is 2.03. The molecule has 0 aliphatic carbocycles. The van der Waals surface area contributed by atoms with Crippen LogP contribution < -0.4 is 0 Å². The molecule has 0 fully saturated rings. The van der Waals surface area contributed by atoms with E-state index in [1.165, 1.54) is 0 Å². The third kappa shape index (κ3) is 3.50. The maximum Gasteiger partial charge on any atom is 0.419 e. The first kappa shape index (κ1) is 21.2. The van der Waals surface area contributed by atoms with E-state index < -0.39 is 13.9 Å². The molecule has 30 heavy (non-hydrogen) atoms. The average Bonchev–Trinajstić information content (AvgIpc) is 3.07. The molecule has 6 heteroatoms. The fourth-order valence-corrected chi connectivity index (χ4v) is 4.99. The van der Waals surface area contributed by atoms with Crippen LogP contribution in [0, 0.1) is 0 Å². The third-order valence-electron chi connectivity index (χ3n) is 6.35. The Balaban J connectivity index is 1.80. The first-order valence-electron chi connectivity index (χ1n) is 10.7. The Hall–Kier alpha value is -2.05. The van der Waals surface area contributed by atoms with E-state index >= 15 is 0 Å². The van der Waals surface area contributed by atoms with Crippen molar-refractivity contribution in [2.75, 3.05) is 0 Å². The standard InChI is InChI=1S/C24H33NO4Si/c1-23(2,3)28-22(26)25-17-12-10-9-11-16(17)20-18(25)13-15-14-19(21(20)27-15)29-30(7,8)24(4,5)6/h9-12,14-15,21H,13H2,1-8H3. The van der Waals surface area contributed by atoms with Gasteiger partial charge in [0.2, 0.25) is 8.32 Å². The molecule has 0 saturated carbocycles. The van der Waals surface area contributed by atoms with Gasteiger partial charge in [-0.25, -0.2) is 9.36 Å². The summed E-state index contributed by atoms with van der Waals surface area (Å²) >= 11 is 0. The van der Waals surface area contributed by atoms with Gasteiger partial charge in [-0.3, -0.25) is 0 Å². The van der Waals surface area contributed by atoms with Gasteiger partial charge in [0.1, 0.15) is 17.5 Å². The van der Waals surface area contributed by atoms with Gasteiger partial charge in [-0.05, 0) is 51.0 Å². The summed E-state index contributed by atoms with van der Waals surface area (Å²) in [4.78, 5) is 13.1. The lowest BCUT2D eigenvalue weighted by Crippen LogP contribution is -2.40. The predicted octanol–water partition coefficient (Wildman–Crippen LogP) is 6.33. The summed E-state index contributed by atoms with van der Waals surface area (Å²) < 4.78 is 20.5. The quantitative estimate of drug-likeness (QED) is 0.526. The fraction of sp³-hybridized carbons (Fsp3) is 0.542. The van der Waals surface area contributed by atoms with Gasteiger partial charge in [0, 0.05) is 23.1 Å². The van der Waals surface area contributed by atoms with Gasteiger partial charge in [0.25, 0.3) is 0 Å². The second kappa shape index (κ2) is 6.72. The van der Waals surface area contributed by atoms with Crippen molar-refractivity contribution in [2.45, 2.75) is 83.9 Å². The SMILES string of the molecule is CC(C)(C)OC(=O)n1c2c(c3ccccc31)C1OC(C=C1O[Si](C)(C)C(C)(C)C)C2. The maximum atomic E-state index is 13.1. The van der Waals surface area contributed by atoms with Gasteiger partial charge in [-0.2, -0.15) is 0 Å². The van der Waals surface area contributed by atoms with E-state index in [-0.39, 0.29) is 23.3 Å². The molecule has 0 saturated heterocycles. The molecular formula is C24H33NO4Si. The van der Waals surface area contributed by atoms with Crippen molar-refractivity contribution in [1.29, 1.82) is 0 Å². The molecule has 0 radical (unpaired) electrons. The number of benzene rings is 1. The van der Waals surface area contributed by atoms with Gasteiger partial charge >= 0.3 is 6.09 Å². The molecular weight excluding hydrogens is 394 g/mol. The molecule has 2 bridgehead atoms. The maximum absolute atomic E-state index is 13.1. The topological polar surface area (TPSA) is 49.7 Å². The van der Waals surface area contributed by atoms with Crippen molar-refractivity contribution in [3.63, 3.8) is 0 Å². The molecule has 162 valence electrons. The molecule has 2 atom stereocenters. The van der Waals surface area contributed by atoms with Crippen LogP contribution in [-0.4, -0.2) is 30.7 Å².